The van der Waals surface area contributed by atoms with Crippen molar-refractivity contribution in [3.05, 3.63) is 6.61 Å². The number of ether oxygens (including phenoxy) is 1. The first kappa shape index (κ1) is 12.6. The predicted molar refractivity (Wildman–Crippen MR) is 36.2 cm³/mol. The first-order valence-electron chi connectivity index (χ1n) is 3.69. The van der Waals surface area contributed by atoms with E-state index in [9.17, 15) is 22.0 Å². The molecule has 0 fully saturated rings. The Bertz CT molecular complexity index is 142. The van der Waals surface area contributed by atoms with Gasteiger partial charge in [-0.3, -0.25) is 0 Å². The largest absolute Gasteiger partial charge is 0.455 e. The Kier molecular flexibility index (Phi) is 4.60. The molecule has 0 unspecified atom stereocenters. The lowest BCUT2D eigenvalue weighted by molar-refractivity contribution is -0.294. The SMILES string of the molecule is CCC[CH]OCC(F)(F)C(F)(F)F. The van der Waals surface area contributed by atoms with Gasteiger partial charge in [0, 0.05) is 0 Å². The van der Waals surface area contributed by atoms with Crippen LogP contribution in [0.5, 0.6) is 0 Å². The highest BCUT2D eigenvalue weighted by Crippen LogP contribution is 2.35. The minimum atomic E-state index is -5.53. The minimum Gasteiger partial charge on any atom is -0.369 e. The molecule has 0 heterocycles. The average molecular weight is 205 g/mol. The Morgan fingerprint density at radius 2 is 1.69 bits per heavy atom. The molecule has 0 N–H and O–H groups in total. The first-order valence-corrected chi connectivity index (χ1v) is 3.69. The van der Waals surface area contributed by atoms with E-state index in [1.807, 2.05) is 0 Å². The molecule has 0 spiro atoms. The first-order chi connectivity index (χ1) is 5.81. The van der Waals surface area contributed by atoms with Crippen molar-refractivity contribution in [3.63, 3.8) is 0 Å². The maximum Gasteiger partial charge on any atom is 0.455 e. The molecular weight excluding hydrogens is 195 g/mol. The van der Waals surface area contributed by atoms with Crippen LogP contribution >= 0.6 is 0 Å². The zero-order valence-electron chi connectivity index (χ0n) is 7.00. The second-order valence-corrected chi connectivity index (χ2v) is 2.47. The van der Waals surface area contributed by atoms with Gasteiger partial charge in [-0.15, -0.1) is 0 Å². The summed E-state index contributed by atoms with van der Waals surface area (Å²) in [6, 6.07) is 0. The molecule has 0 atom stereocenters. The van der Waals surface area contributed by atoms with E-state index in [-0.39, 0.29) is 0 Å². The molecule has 6 heteroatoms. The monoisotopic (exact) mass is 205 g/mol. The molecular formula is C7H10F5O. The summed E-state index contributed by atoms with van der Waals surface area (Å²) >= 11 is 0. The van der Waals surface area contributed by atoms with Crippen molar-refractivity contribution < 1.29 is 26.7 Å². The van der Waals surface area contributed by atoms with Crippen LogP contribution in [0.3, 0.4) is 0 Å². The summed E-state index contributed by atoms with van der Waals surface area (Å²) in [5, 5.41) is 0. The van der Waals surface area contributed by atoms with Crippen molar-refractivity contribution in [2.75, 3.05) is 6.61 Å². The Labute approximate surface area is 72.9 Å². The molecule has 79 valence electrons. The van der Waals surface area contributed by atoms with Crippen LogP contribution in [0.25, 0.3) is 0 Å². The molecule has 0 amide bonds. The van der Waals surface area contributed by atoms with E-state index in [0.717, 1.165) is 6.61 Å². The molecule has 0 rings (SSSR count). The molecule has 0 aliphatic carbocycles. The molecule has 0 saturated carbocycles. The lowest BCUT2D eigenvalue weighted by Crippen LogP contribution is -2.40. The van der Waals surface area contributed by atoms with Crippen molar-refractivity contribution in [2.24, 2.45) is 0 Å². The van der Waals surface area contributed by atoms with E-state index in [2.05, 4.69) is 4.74 Å². The smallest absolute Gasteiger partial charge is 0.369 e. The van der Waals surface area contributed by atoms with Gasteiger partial charge in [-0.25, -0.2) is 0 Å². The summed E-state index contributed by atoms with van der Waals surface area (Å²) < 4.78 is 62.7. The molecule has 0 aromatic heterocycles. The number of rotatable bonds is 5. The summed E-state index contributed by atoms with van der Waals surface area (Å²) in [6.45, 7) is 1.07. The van der Waals surface area contributed by atoms with E-state index in [1.54, 1.807) is 6.92 Å². The highest BCUT2D eigenvalue weighted by atomic mass is 19.4. The minimum absolute atomic E-state index is 0.355. The molecule has 1 radical (unpaired) electrons. The van der Waals surface area contributed by atoms with E-state index in [0.29, 0.717) is 12.8 Å². The maximum atomic E-state index is 12.1. The van der Waals surface area contributed by atoms with Crippen molar-refractivity contribution in [2.45, 2.75) is 31.9 Å². The van der Waals surface area contributed by atoms with Crippen LogP contribution in [-0.4, -0.2) is 18.7 Å². The van der Waals surface area contributed by atoms with E-state index in [1.165, 1.54) is 0 Å². The predicted octanol–water partition coefficient (Wildman–Crippen LogP) is 3.16. The maximum absolute atomic E-state index is 12.1. The highest BCUT2D eigenvalue weighted by molar-refractivity contribution is 4.75. The van der Waals surface area contributed by atoms with E-state index in [4.69, 9.17) is 0 Å². The zero-order chi connectivity index (χ0) is 10.5. The molecule has 0 aliphatic heterocycles. The van der Waals surface area contributed by atoms with Gasteiger partial charge in [-0.1, -0.05) is 13.3 Å². The quantitative estimate of drug-likeness (QED) is 0.494. The summed E-state index contributed by atoms with van der Waals surface area (Å²) in [7, 11) is 0. The zero-order valence-corrected chi connectivity index (χ0v) is 7.00. The fraction of sp³-hybridized carbons (Fsp3) is 0.857. The Balaban J connectivity index is 3.77. The van der Waals surface area contributed by atoms with Crippen molar-refractivity contribution >= 4 is 0 Å². The normalized spacial score (nSPS) is 13.4. The van der Waals surface area contributed by atoms with Crippen LogP contribution in [0.15, 0.2) is 0 Å². The van der Waals surface area contributed by atoms with Gasteiger partial charge >= 0.3 is 12.1 Å². The molecule has 0 aromatic carbocycles. The Hall–Kier alpha value is -0.390. The third-order valence-corrected chi connectivity index (χ3v) is 1.20. The van der Waals surface area contributed by atoms with Gasteiger partial charge in [0.25, 0.3) is 0 Å². The summed E-state index contributed by atoms with van der Waals surface area (Å²) in [4.78, 5) is 0. The fourth-order valence-corrected chi connectivity index (χ4v) is 0.447. The van der Waals surface area contributed by atoms with Crippen LogP contribution in [0.1, 0.15) is 19.8 Å². The van der Waals surface area contributed by atoms with Crippen molar-refractivity contribution in [1.82, 2.24) is 0 Å². The number of hydrogen-bond acceptors (Lipinski definition) is 1. The molecule has 0 saturated heterocycles. The molecule has 0 aromatic rings. The van der Waals surface area contributed by atoms with Crippen molar-refractivity contribution in [3.8, 4) is 0 Å². The summed E-state index contributed by atoms with van der Waals surface area (Å²) in [5.74, 6) is -4.77. The fourth-order valence-electron chi connectivity index (χ4n) is 0.447. The van der Waals surface area contributed by atoms with Gasteiger partial charge in [0.2, 0.25) is 0 Å². The van der Waals surface area contributed by atoms with Crippen LogP contribution < -0.4 is 0 Å². The molecule has 0 bridgehead atoms. The third kappa shape index (κ3) is 4.40. The average Bonchev–Trinajstić information content (AvgIpc) is 1.96. The topological polar surface area (TPSA) is 9.23 Å². The number of alkyl halides is 5. The van der Waals surface area contributed by atoms with Gasteiger partial charge in [0.1, 0.15) is 6.61 Å². The van der Waals surface area contributed by atoms with Crippen LogP contribution in [0, 0.1) is 6.61 Å². The number of halogens is 5. The van der Waals surface area contributed by atoms with Gasteiger partial charge in [-0.05, 0) is 6.42 Å². The van der Waals surface area contributed by atoms with Gasteiger partial charge in [0.15, 0.2) is 0 Å². The van der Waals surface area contributed by atoms with Crippen LogP contribution in [-0.2, 0) is 4.74 Å². The second kappa shape index (κ2) is 4.74. The van der Waals surface area contributed by atoms with Gasteiger partial charge < -0.3 is 4.74 Å². The second-order valence-electron chi connectivity index (χ2n) is 2.47. The van der Waals surface area contributed by atoms with Crippen LogP contribution in [0.2, 0.25) is 0 Å². The Morgan fingerprint density at radius 1 is 1.15 bits per heavy atom. The standard InChI is InChI=1S/C7H10F5O/c1-2-3-4-13-5-6(8,9)7(10,11)12/h4H,2-3,5H2,1H3. The third-order valence-electron chi connectivity index (χ3n) is 1.20. The summed E-state index contributed by atoms with van der Waals surface area (Å²) in [6.07, 6.45) is -4.54. The molecule has 1 nitrogen and oxygen atoms in total. The van der Waals surface area contributed by atoms with Crippen molar-refractivity contribution in [1.29, 1.82) is 0 Å². The number of hydrogen-bond donors (Lipinski definition) is 0. The number of unbranched alkanes of at least 4 members (excludes halogenated alkanes) is 1. The highest BCUT2D eigenvalue weighted by Gasteiger charge is 2.57. The lowest BCUT2D eigenvalue weighted by Gasteiger charge is -2.18. The van der Waals surface area contributed by atoms with Gasteiger partial charge in [-0.2, -0.15) is 22.0 Å². The summed E-state index contributed by atoms with van der Waals surface area (Å²) in [5.41, 5.74) is 0. The van der Waals surface area contributed by atoms with E-state index < -0.39 is 18.7 Å². The molecule has 0 aliphatic rings. The van der Waals surface area contributed by atoms with Crippen LogP contribution in [0.4, 0.5) is 22.0 Å². The Morgan fingerprint density at radius 3 is 2.08 bits per heavy atom. The molecule has 13 heavy (non-hydrogen) atoms. The van der Waals surface area contributed by atoms with E-state index >= 15 is 0 Å². The lowest BCUT2D eigenvalue weighted by atomic mass is 10.3. The van der Waals surface area contributed by atoms with Gasteiger partial charge in [0.05, 0.1) is 6.61 Å².